The third-order valence-electron chi connectivity index (χ3n) is 3.81. The first kappa shape index (κ1) is 22.3. The van der Waals surface area contributed by atoms with Gasteiger partial charge in [0.1, 0.15) is 0 Å². The van der Waals surface area contributed by atoms with Gasteiger partial charge in [-0.3, -0.25) is 4.79 Å². The number of ether oxygens (including phenoxy) is 1. The lowest BCUT2D eigenvalue weighted by Gasteiger charge is -2.19. The van der Waals surface area contributed by atoms with Crippen LogP contribution in [0.5, 0.6) is 0 Å². The number of hydrogen-bond donors (Lipinski definition) is 1. The highest BCUT2D eigenvalue weighted by atomic mass is 32.2. The van der Waals surface area contributed by atoms with Gasteiger partial charge in [-0.05, 0) is 64.6 Å². The Kier molecular flexibility index (Phi) is 11.6. The van der Waals surface area contributed by atoms with Crippen molar-refractivity contribution in [2.24, 2.45) is 0 Å². The smallest absolute Gasteiger partial charge is 0.290 e. The Labute approximate surface area is 162 Å². The van der Waals surface area contributed by atoms with Gasteiger partial charge in [-0.25, -0.2) is 4.31 Å². The van der Waals surface area contributed by atoms with Crippen molar-refractivity contribution < 1.29 is 9.53 Å². The largest absolute Gasteiger partial charge is 0.460 e. The molecule has 0 atom stereocenters. The number of allylic oxidation sites excluding steroid dienone is 6. The van der Waals surface area contributed by atoms with E-state index in [1.54, 1.807) is 31.0 Å². The molecule has 0 radical (unpaired) electrons. The number of carbonyl (C=O) groups excluding carboxylic acids is 1. The molecule has 0 bridgehead atoms. The van der Waals surface area contributed by atoms with E-state index in [1.165, 1.54) is 31.9 Å². The highest BCUT2D eigenvalue weighted by Gasteiger charge is 2.13. The number of nitrogens with zero attached hydrogens (tertiary/aromatic N) is 1. The Hall–Kier alpha value is -1.72. The Bertz CT molecular complexity index is 581. The summed E-state index contributed by atoms with van der Waals surface area (Å²) < 4.78 is 7.75. The van der Waals surface area contributed by atoms with E-state index in [2.05, 4.69) is 15.7 Å². The van der Waals surface area contributed by atoms with E-state index in [-0.39, 0.29) is 11.7 Å². The molecule has 0 aromatic heterocycles. The van der Waals surface area contributed by atoms with Crippen molar-refractivity contribution in [2.75, 3.05) is 13.1 Å². The molecule has 1 aliphatic rings. The van der Waals surface area contributed by atoms with Crippen LogP contribution in [0.2, 0.25) is 0 Å². The number of amides is 1. The van der Waals surface area contributed by atoms with E-state index in [0.717, 1.165) is 23.7 Å². The second-order valence-corrected chi connectivity index (χ2v) is 7.09. The maximum Gasteiger partial charge on any atom is 0.290 e. The van der Waals surface area contributed by atoms with E-state index < -0.39 is 0 Å². The van der Waals surface area contributed by atoms with Gasteiger partial charge in [0, 0.05) is 23.7 Å². The molecule has 0 aromatic carbocycles. The summed E-state index contributed by atoms with van der Waals surface area (Å²) >= 11 is 1.76. The molecule has 1 rings (SSSR count). The molecular formula is C21H32N2O2S. The molecule has 0 spiro atoms. The molecule has 0 aliphatic carbocycles. The summed E-state index contributed by atoms with van der Waals surface area (Å²) in [6.07, 6.45) is 18.0. The zero-order valence-electron chi connectivity index (χ0n) is 16.5. The minimum absolute atomic E-state index is 0.255. The van der Waals surface area contributed by atoms with Crippen LogP contribution >= 0.6 is 11.9 Å². The molecule has 5 heteroatoms. The quantitative estimate of drug-likeness (QED) is 0.265. The molecular weight excluding hydrogens is 344 g/mol. The Balaban J connectivity index is 2.82. The maximum absolute atomic E-state index is 12.4. The molecule has 1 saturated heterocycles. The van der Waals surface area contributed by atoms with Gasteiger partial charge >= 0.3 is 0 Å². The molecule has 26 heavy (non-hydrogen) atoms. The molecule has 1 fully saturated rings. The Morgan fingerprint density at radius 1 is 1.00 bits per heavy atom. The highest BCUT2D eigenvalue weighted by molar-refractivity contribution is 8.01. The summed E-state index contributed by atoms with van der Waals surface area (Å²) in [4.78, 5) is 13.5. The summed E-state index contributed by atoms with van der Waals surface area (Å²) in [5.74, 6) is 0.0261. The topological polar surface area (TPSA) is 41.6 Å². The minimum atomic E-state index is -0.255. The normalized spacial score (nSPS) is 18.4. The van der Waals surface area contributed by atoms with Crippen molar-refractivity contribution in [1.82, 2.24) is 9.62 Å². The average molecular weight is 377 g/mol. The second kappa shape index (κ2) is 13.5. The van der Waals surface area contributed by atoms with Gasteiger partial charge in [-0.2, -0.15) is 0 Å². The van der Waals surface area contributed by atoms with E-state index in [0.29, 0.717) is 0 Å². The third kappa shape index (κ3) is 8.59. The van der Waals surface area contributed by atoms with Crippen LogP contribution in [0.15, 0.2) is 59.1 Å². The molecule has 1 aliphatic heterocycles. The predicted molar refractivity (Wildman–Crippen MR) is 112 cm³/mol. The van der Waals surface area contributed by atoms with Crippen LogP contribution in [0.4, 0.5) is 0 Å². The second-order valence-electron chi connectivity index (χ2n) is 5.92. The molecule has 1 N–H and O–H groups in total. The number of carbonyl (C=O) groups is 1. The molecule has 0 saturated carbocycles. The molecule has 144 valence electrons. The van der Waals surface area contributed by atoms with Crippen molar-refractivity contribution in [3.63, 3.8) is 0 Å². The number of rotatable bonds is 8. The lowest BCUT2D eigenvalue weighted by Crippen LogP contribution is -2.24. The fraction of sp³-hybridized carbons (Fsp3) is 0.476. The summed E-state index contributed by atoms with van der Waals surface area (Å²) in [7, 11) is 0. The third-order valence-corrected chi connectivity index (χ3v) is 4.90. The molecule has 0 aromatic rings. The molecule has 1 heterocycles. The van der Waals surface area contributed by atoms with Crippen LogP contribution in [0.3, 0.4) is 0 Å². The first-order valence-corrected chi connectivity index (χ1v) is 10.1. The van der Waals surface area contributed by atoms with E-state index in [1.807, 2.05) is 39.0 Å². The van der Waals surface area contributed by atoms with Crippen LogP contribution in [-0.2, 0) is 9.53 Å². The van der Waals surface area contributed by atoms with Crippen LogP contribution in [0.25, 0.3) is 0 Å². The average Bonchev–Trinajstić information content (AvgIpc) is 2.90. The van der Waals surface area contributed by atoms with Gasteiger partial charge in [0.2, 0.25) is 0 Å². The monoisotopic (exact) mass is 376 g/mol. The highest BCUT2D eigenvalue weighted by Crippen LogP contribution is 2.26. The Morgan fingerprint density at radius 3 is 2.23 bits per heavy atom. The predicted octanol–water partition coefficient (Wildman–Crippen LogP) is 5.44. The summed E-state index contributed by atoms with van der Waals surface area (Å²) in [6, 6.07) is 0. The summed E-state index contributed by atoms with van der Waals surface area (Å²) in [5.41, 5.74) is 0.758. The van der Waals surface area contributed by atoms with Gasteiger partial charge in [-0.1, -0.05) is 37.1 Å². The van der Waals surface area contributed by atoms with Crippen LogP contribution < -0.4 is 5.32 Å². The summed E-state index contributed by atoms with van der Waals surface area (Å²) in [5, 5.41) is 2.92. The van der Waals surface area contributed by atoms with Gasteiger partial charge in [0.05, 0.1) is 6.26 Å². The fourth-order valence-electron chi connectivity index (χ4n) is 2.48. The van der Waals surface area contributed by atoms with Crippen LogP contribution in [0.1, 0.15) is 53.4 Å². The lowest BCUT2D eigenvalue weighted by molar-refractivity contribution is -0.119. The van der Waals surface area contributed by atoms with Gasteiger partial charge in [-0.15, -0.1) is 0 Å². The van der Waals surface area contributed by atoms with E-state index in [9.17, 15) is 4.79 Å². The summed E-state index contributed by atoms with van der Waals surface area (Å²) in [6.45, 7) is 9.76. The van der Waals surface area contributed by atoms with Gasteiger partial charge in [0.15, 0.2) is 5.76 Å². The minimum Gasteiger partial charge on any atom is -0.460 e. The lowest BCUT2D eigenvalue weighted by atomic mass is 10.2. The SMILES string of the molecule is C/C=C\O/C(=C\C)C(=O)NC(=C\C)/C=C(\C=C/C)SN1CCCCCC1. The van der Waals surface area contributed by atoms with Crippen LogP contribution in [-0.4, -0.2) is 23.3 Å². The molecule has 0 unspecified atom stereocenters. The van der Waals surface area contributed by atoms with Crippen molar-refractivity contribution in [3.8, 4) is 0 Å². The Morgan fingerprint density at radius 2 is 1.69 bits per heavy atom. The first-order valence-electron chi connectivity index (χ1n) is 9.33. The number of nitrogens with one attached hydrogen (secondary N) is 1. The molecule has 4 nitrogen and oxygen atoms in total. The van der Waals surface area contributed by atoms with E-state index in [4.69, 9.17) is 4.74 Å². The first-order chi connectivity index (χ1) is 12.6. The van der Waals surface area contributed by atoms with Crippen molar-refractivity contribution in [2.45, 2.75) is 53.4 Å². The van der Waals surface area contributed by atoms with E-state index >= 15 is 0 Å². The van der Waals surface area contributed by atoms with Crippen molar-refractivity contribution in [1.29, 1.82) is 0 Å². The van der Waals surface area contributed by atoms with Gasteiger partial charge in [0.25, 0.3) is 5.91 Å². The molecule has 1 amide bonds. The van der Waals surface area contributed by atoms with Crippen molar-refractivity contribution in [3.05, 3.63) is 59.1 Å². The number of hydrogen-bond acceptors (Lipinski definition) is 4. The fourth-order valence-corrected chi connectivity index (χ4v) is 3.60. The standard InChI is InChI=1S/C21H32N2O2S/c1-5-13-19(26-23-14-11-9-10-12-15-23)17-18(7-3)22-21(24)20(8-4)25-16-6-2/h5-8,13,16-17H,9-12,14-15H2,1-4H3,(H,22,24)/b13-5-,16-6-,18-7-,19-17+,20-8-. The van der Waals surface area contributed by atoms with Crippen molar-refractivity contribution >= 4 is 17.9 Å². The van der Waals surface area contributed by atoms with Gasteiger partial charge < -0.3 is 10.1 Å². The maximum atomic E-state index is 12.4. The van der Waals surface area contributed by atoms with Crippen LogP contribution in [0, 0.1) is 0 Å². The zero-order chi connectivity index (χ0) is 19.2. The zero-order valence-corrected chi connectivity index (χ0v) is 17.3.